The summed E-state index contributed by atoms with van der Waals surface area (Å²) in [7, 11) is 0. The van der Waals surface area contributed by atoms with Crippen molar-refractivity contribution in [1.29, 1.82) is 0 Å². The van der Waals surface area contributed by atoms with Gasteiger partial charge >= 0.3 is 0 Å². The molecule has 2 aliphatic carbocycles. The van der Waals surface area contributed by atoms with Gasteiger partial charge in [-0.15, -0.1) is 5.10 Å². The average Bonchev–Trinajstić information content (AvgIpc) is 3.43. The van der Waals surface area contributed by atoms with Gasteiger partial charge in [-0.1, -0.05) is 10.4 Å². The predicted octanol–water partition coefficient (Wildman–Crippen LogP) is 2.11. The molecule has 1 aliphatic heterocycles. The van der Waals surface area contributed by atoms with Crippen LogP contribution in [0.15, 0.2) is 16.8 Å². The van der Waals surface area contributed by atoms with E-state index in [1.165, 1.54) is 12.8 Å². The highest BCUT2D eigenvalue weighted by Crippen LogP contribution is 2.40. The molecule has 23 heavy (non-hydrogen) atoms. The van der Waals surface area contributed by atoms with Gasteiger partial charge in [0, 0.05) is 37.2 Å². The molecule has 1 saturated heterocycles. The molecule has 3 heterocycles. The molecule has 0 spiro atoms. The zero-order valence-corrected chi connectivity index (χ0v) is 12.9. The Labute approximate surface area is 133 Å². The van der Waals surface area contributed by atoms with E-state index in [0.29, 0.717) is 24.1 Å². The summed E-state index contributed by atoms with van der Waals surface area (Å²) in [5, 5.41) is 12.5. The summed E-state index contributed by atoms with van der Waals surface area (Å²) in [6, 6.07) is 2.03. The molecule has 5 rings (SSSR count). The lowest BCUT2D eigenvalue weighted by atomic mass is 10.2. The first kappa shape index (κ1) is 13.3. The van der Waals surface area contributed by atoms with Crippen molar-refractivity contribution in [2.45, 2.75) is 50.0 Å². The van der Waals surface area contributed by atoms with Crippen LogP contribution in [0, 0.1) is 0 Å². The van der Waals surface area contributed by atoms with E-state index in [2.05, 4.69) is 21.7 Å². The smallest absolute Gasteiger partial charge is 0.276 e. The molecule has 1 unspecified atom stereocenters. The minimum atomic E-state index is -0.0364. The number of aromatic nitrogens is 4. The number of hydrogen-bond acceptors (Lipinski definition) is 5. The van der Waals surface area contributed by atoms with Crippen LogP contribution in [0.1, 0.15) is 71.9 Å². The fraction of sp³-hybridized carbons (Fsp3) is 0.625. The van der Waals surface area contributed by atoms with E-state index >= 15 is 0 Å². The van der Waals surface area contributed by atoms with Gasteiger partial charge in [-0.25, -0.2) is 4.68 Å². The van der Waals surface area contributed by atoms with Crippen LogP contribution >= 0.6 is 0 Å². The van der Waals surface area contributed by atoms with Crippen LogP contribution < -0.4 is 0 Å². The van der Waals surface area contributed by atoms with Crippen molar-refractivity contribution in [2.24, 2.45) is 0 Å². The first-order valence-corrected chi connectivity index (χ1v) is 8.45. The Kier molecular flexibility index (Phi) is 2.83. The maximum atomic E-state index is 12.6. The van der Waals surface area contributed by atoms with Crippen molar-refractivity contribution in [3.05, 3.63) is 29.4 Å². The van der Waals surface area contributed by atoms with E-state index in [-0.39, 0.29) is 11.9 Å². The number of nitrogens with zero attached hydrogens (tertiary/aromatic N) is 5. The Balaban J connectivity index is 1.27. The minimum Gasteiger partial charge on any atom is -0.360 e. The van der Waals surface area contributed by atoms with Crippen LogP contribution in [-0.4, -0.2) is 44.0 Å². The first-order chi connectivity index (χ1) is 11.3. The van der Waals surface area contributed by atoms with Crippen LogP contribution in [0.25, 0.3) is 0 Å². The molecule has 1 atom stereocenters. The number of rotatable bonds is 4. The molecule has 0 aromatic carbocycles. The second-order valence-electron chi connectivity index (χ2n) is 6.98. The Morgan fingerprint density at radius 3 is 2.78 bits per heavy atom. The Hall–Kier alpha value is -2.18. The molecule has 0 bridgehead atoms. The van der Waals surface area contributed by atoms with Gasteiger partial charge in [0.1, 0.15) is 5.76 Å². The SMILES string of the molecule is O=C(c1cc(C2CC2)on1)N1CCC(n2cc(C3CC3)nn2)C1. The van der Waals surface area contributed by atoms with Gasteiger partial charge in [0.2, 0.25) is 0 Å². The van der Waals surface area contributed by atoms with Gasteiger partial charge in [-0.2, -0.15) is 0 Å². The lowest BCUT2D eigenvalue weighted by molar-refractivity contribution is 0.0776. The lowest BCUT2D eigenvalue weighted by Crippen LogP contribution is -2.29. The van der Waals surface area contributed by atoms with Gasteiger partial charge in [0.15, 0.2) is 5.69 Å². The lowest BCUT2D eigenvalue weighted by Gasteiger charge is -2.14. The van der Waals surface area contributed by atoms with Gasteiger partial charge in [0.25, 0.3) is 5.91 Å². The summed E-state index contributed by atoms with van der Waals surface area (Å²) >= 11 is 0. The van der Waals surface area contributed by atoms with E-state index in [1.807, 2.05) is 15.6 Å². The van der Waals surface area contributed by atoms with E-state index in [4.69, 9.17) is 4.52 Å². The van der Waals surface area contributed by atoms with Gasteiger partial charge < -0.3 is 9.42 Å². The topological polar surface area (TPSA) is 77.0 Å². The highest BCUT2D eigenvalue weighted by molar-refractivity contribution is 5.92. The van der Waals surface area contributed by atoms with Crippen LogP contribution in [0.2, 0.25) is 0 Å². The fourth-order valence-corrected chi connectivity index (χ4v) is 3.29. The quantitative estimate of drug-likeness (QED) is 0.864. The molecule has 0 radical (unpaired) electrons. The largest absolute Gasteiger partial charge is 0.360 e. The van der Waals surface area contributed by atoms with E-state index in [0.717, 1.165) is 37.3 Å². The van der Waals surface area contributed by atoms with Crippen LogP contribution in [-0.2, 0) is 0 Å². The number of carbonyl (C=O) groups is 1. The van der Waals surface area contributed by atoms with Crippen LogP contribution in [0.3, 0.4) is 0 Å². The summed E-state index contributed by atoms with van der Waals surface area (Å²) in [6.07, 6.45) is 7.70. The van der Waals surface area contributed by atoms with E-state index in [1.54, 1.807) is 0 Å². The zero-order valence-electron chi connectivity index (χ0n) is 12.9. The molecule has 3 fully saturated rings. The molecular formula is C16H19N5O2. The predicted molar refractivity (Wildman–Crippen MR) is 80.0 cm³/mol. The third-order valence-electron chi connectivity index (χ3n) is 5.08. The summed E-state index contributed by atoms with van der Waals surface area (Å²) in [5.74, 6) is 1.91. The standard InChI is InChI=1S/C16H19N5O2/c22-16(13-7-15(23-18-13)11-3-4-11)20-6-5-12(8-20)21-9-14(17-19-21)10-1-2-10/h7,9-12H,1-6,8H2. The van der Waals surface area contributed by atoms with Crippen molar-refractivity contribution in [3.8, 4) is 0 Å². The maximum Gasteiger partial charge on any atom is 0.276 e. The van der Waals surface area contributed by atoms with Crippen LogP contribution in [0.4, 0.5) is 0 Å². The first-order valence-electron chi connectivity index (χ1n) is 8.45. The minimum absolute atomic E-state index is 0.0364. The van der Waals surface area contributed by atoms with E-state index in [9.17, 15) is 4.79 Å². The molecule has 7 nitrogen and oxygen atoms in total. The Morgan fingerprint density at radius 1 is 1.17 bits per heavy atom. The van der Waals surface area contributed by atoms with Gasteiger partial charge in [-0.05, 0) is 32.1 Å². The number of hydrogen-bond donors (Lipinski definition) is 0. The normalized spacial score (nSPS) is 24.3. The second-order valence-corrected chi connectivity index (χ2v) is 6.98. The Bertz CT molecular complexity index is 743. The molecular weight excluding hydrogens is 294 g/mol. The Morgan fingerprint density at radius 2 is 2.00 bits per heavy atom. The summed E-state index contributed by atoms with van der Waals surface area (Å²) in [4.78, 5) is 14.4. The maximum absolute atomic E-state index is 12.6. The molecule has 2 saturated carbocycles. The van der Waals surface area contributed by atoms with E-state index < -0.39 is 0 Å². The van der Waals surface area contributed by atoms with Gasteiger partial charge in [-0.3, -0.25) is 4.79 Å². The third kappa shape index (κ3) is 2.44. The molecule has 2 aromatic heterocycles. The fourth-order valence-electron chi connectivity index (χ4n) is 3.29. The molecule has 3 aliphatic rings. The number of carbonyl (C=O) groups excluding carboxylic acids is 1. The average molecular weight is 313 g/mol. The van der Waals surface area contributed by atoms with Crippen molar-refractivity contribution in [2.75, 3.05) is 13.1 Å². The number of amides is 1. The molecule has 0 N–H and O–H groups in total. The molecule has 7 heteroatoms. The second kappa shape index (κ2) is 4.91. The molecule has 120 valence electrons. The zero-order chi connectivity index (χ0) is 15.4. The summed E-state index contributed by atoms with van der Waals surface area (Å²) in [6.45, 7) is 1.39. The third-order valence-corrected chi connectivity index (χ3v) is 5.08. The van der Waals surface area contributed by atoms with Crippen molar-refractivity contribution >= 4 is 5.91 Å². The molecule has 2 aromatic rings. The van der Waals surface area contributed by atoms with Crippen molar-refractivity contribution < 1.29 is 9.32 Å². The van der Waals surface area contributed by atoms with Crippen molar-refractivity contribution in [1.82, 2.24) is 25.1 Å². The number of likely N-dealkylation sites (tertiary alicyclic amines) is 1. The summed E-state index contributed by atoms with van der Waals surface area (Å²) in [5.41, 5.74) is 1.53. The van der Waals surface area contributed by atoms with Gasteiger partial charge in [0.05, 0.1) is 11.7 Å². The van der Waals surface area contributed by atoms with Crippen LogP contribution in [0.5, 0.6) is 0 Å². The van der Waals surface area contributed by atoms with Crippen molar-refractivity contribution in [3.63, 3.8) is 0 Å². The monoisotopic (exact) mass is 313 g/mol. The summed E-state index contributed by atoms with van der Waals surface area (Å²) < 4.78 is 7.22. The highest BCUT2D eigenvalue weighted by Gasteiger charge is 2.34. The molecule has 1 amide bonds. The highest BCUT2D eigenvalue weighted by atomic mass is 16.5.